The molecule has 23 heavy (non-hydrogen) atoms. The molecule has 0 radical (unpaired) electrons. The topological polar surface area (TPSA) is 133 Å². The van der Waals surface area contributed by atoms with Gasteiger partial charge in [0.15, 0.2) is 11.8 Å². The van der Waals surface area contributed by atoms with Crippen LogP contribution in [0.2, 0.25) is 0 Å². The van der Waals surface area contributed by atoms with Gasteiger partial charge in [-0.25, -0.2) is 14.3 Å². The Labute approximate surface area is 130 Å². The van der Waals surface area contributed by atoms with E-state index in [4.69, 9.17) is 10.5 Å². The van der Waals surface area contributed by atoms with E-state index in [0.717, 1.165) is 4.68 Å². The molecule has 1 aromatic carbocycles. The van der Waals surface area contributed by atoms with Crippen molar-refractivity contribution in [2.75, 3.05) is 0 Å². The van der Waals surface area contributed by atoms with Crippen LogP contribution in [0.15, 0.2) is 29.1 Å². The Morgan fingerprint density at radius 3 is 2.48 bits per heavy atom. The average Bonchev–Trinajstić information content (AvgIpc) is 2.50. The molecule has 0 spiro atoms. The lowest BCUT2D eigenvalue weighted by Gasteiger charge is -2.13. The number of carbonyl (C=O) groups is 3. The van der Waals surface area contributed by atoms with E-state index in [1.54, 1.807) is 29.6 Å². The number of nitrogens with two attached hydrogens (primary N) is 1. The molecule has 1 heterocycles. The third kappa shape index (κ3) is 3.34. The van der Waals surface area contributed by atoms with Gasteiger partial charge < -0.3 is 10.5 Å². The predicted molar refractivity (Wildman–Crippen MR) is 79.6 cm³/mol. The second-order valence-corrected chi connectivity index (χ2v) is 4.72. The second kappa shape index (κ2) is 6.26. The van der Waals surface area contributed by atoms with Crippen LogP contribution in [0.25, 0.3) is 10.8 Å². The van der Waals surface area contributed by atoms with Gasteiger partial charge in [0.1, 0.15) is 0 Å². The quantitative estimate of drug-likeness (QED) is 0.745. The zero-order chi connectivity index (χ0) is 17.1. The van der Waals surface area contributed by atoms with Crippen LogP contribution in [0.1, 0.15) is 17.4 Å². The number of carbonyl (C=O) groups excluding carboxylic acids is 3. The second-order valence-electron chi connectivity index (χ2n) is 4.72. The molecule has 0 aliphatic heterocycles. The standard InChI is InChI=1S/C14H14N4O5/c1-7(11(19)16-14(15)22)23-13(21)10-8-5-3-4-6-9(8)12(20)18(2)17-10/h3-7H,1-2H3,(H3,15,16,19,22). The monoisotopic (exact) mass is 318 g/mol. The number of rotatable bonds is 3. The summed E-state index contributed by atoms with van der Waals surface area (Å²) in [5.41, 5.74) is 4.35. The van der Waals surface area contributed by atoms with Crippen molar-refractivity contribution in [3.63, 3.8) is 0 Å². The highest BCUT2D eigenvalue weighted by atomic mass is 16.5. The third-order valence-electron chi connectivity index (χ3n) is 3.05. The summed E-state index contributed by atoms with van der Waals surface area (Å²) < 4.78 is 5.97. The van der Waals surface area contributed by atoms with Gasteiger partial charge in [-0.3, -0.25) is 14.9 Å². The molecule has 9 heteroatoms. The van der Waals surface area contributed by atoms with Crippen LogP contribution in [-0.2, 0) is 16.6 Å². The van der Waals surface area contributed by atoms with Gasteiger partial charge in [-0.1, -0.05) is 18.2 Å². The first kappa shape index (κ1) is 16.1. The van der Waals surface area contributed by atoms with E-state index < -0.39 is 24.0 Å². The molecule has 2 aromatic rings. The number of aryl methyl sites for hydroxylation is 1. The van der Waals surface area contributed by atoms with Crippen LogP contribution in [0.5, 0.6) is 0 Å². The predicted octanol–water partition coefficient (Wildman–Crippen LogP) is -0.326. The zero-order valence-corrected chi connectivity index (χ0v) is 12.4. The molecule has 0 aliphatic carbocycles. The number of hydrogen-bond acceptors (Lipinski definition) is 6. The van der Waals surface area contributed by atoms with E-state index in [-0.39, 0.29) is 11.3 Å². The number of aromatic nitrogens is 2. The number of nitrogens with zero attached hydrogens (tertiary/aromatic N) is 2. The van der Waals surface area contributed by atoms with Crippen LogP contribution >= 0.6 is 0 Å². The fourth-order valence-electron chi connectivity index (χ4n) is 1.94. The van der Waals surface area contributed by atoms with Gasteiger partial charge in [-0.05, 0) is 13.0 Å². The maximum atomic E-state index is 12.2. The molecule has 1 unspecified atom stereocenters. The Morgan fingerprint density at radius 1 is 1.26 bits per heavy atom. The molecule has 3 amide bonds. The minimum absolute atomic E-state index is 0.110. The zero-order valence-electron chi connectivity index (χ0n) is 12.4. The molecule has 1 aromatic heterocycles. The number of ether oxygens (including phenoxy) is 1. The summed E-state index contributed by atoms with van der Waals surface area (Å²) in [6.45, 7) is 1.28. The summed E-state index contributed by atoms with van der Waals surface area (Å²) in [6, 6.07) is 5.35. The van der Waals surface area contributed by atoms with Crippen LogP contribution in [0, 0.1) is 0 Å². The molecule has 0 saturated heterocycles. The number of nitrogens with one attached hydrogen (secondary N) is 1. The van der Waals surface area contributed by atoms with Crippen LogP contribution in [0.3, 0.4) is 0 Å². The summed E-state index contributed by atoms with van der Waals surface area (Å²) in [5, 5.41) is 6.29. The number of benzene rings is 1. The van der Waals surface area contributed by atoms with Crippen molar-refractivity contribution in [2.24, 2.45) is 12.8 Å². The average molecular weight is 318 g/mol. The largest absolute Gasteiger partial charge is 0.448 e. The number of primary amides is 1. The van der Waals surface area contributed by atoms with Crippen molar-refractivity contribution in [1.82, 2.24) is 15.1 Å². The molecular weight excluding hydrogens is 304 g/mol. The Bertz CT molecular complexity index is 858. The van der Waals surface area contributed by atoms with Crippen molar-refractivity contribution in [1.29, 1.82) is 0 Å². The number of hydrogen-bond donors (Lipinski definition) is 2. The van der Waals surface area contributed by atoms with E-state index in [1.807, 2.05) is 0 Å². The van der Waals surface area contributed by atoms with E-state index in [9.17, 15) is 19.2 Å². The molecule has 120 valence electrons. The van der Waals surface area contributed by atoms with Crippen molar-refractivity contribution in [3.8, 4) is 0 Å². The number of amides is 3. The van der Waals surface area contributed by atoms with Crippen molar-refractivity contribution < 1.29 is 19.1 Å². The van der Waals surface area contributed by atoms with Crippen LogP contribution in [0.4, 0.5) is 4.79 Å². The van der Waals surface area contributed by atoms with E-state index in [1.165, 1.54) is 14.0 Å². The van der Waals surface area contributed by atoms with Gasteiger partial charge in [0, 0.05) is 12.4 Å². The molecular formula is C14H14N4O5. The third-order valence-corrected chi connectivity index (χ3v) is 3.05. The lowest BCUT2D eigenvalue weighted by molar-refractivity contribution is -0.127. The number of imide groups is 1. The Hall–Kier alpha value is -3.23. The molecule has 2 rings (SSSR count). The first-order chi connectivity index (χ1) is 10.8. The Kier molecular flexibility index (Phi) is 4.39. The Balaban J connectivity index is 2.35. The fourth-order valence-corrected chi connectivity index (χ4v) is 1.94. The van der Waals surface area contributed by atoms with Gasteiger partial charge in [0.05, 0.1) is 5.39 Å². The van der Waals surface area contributed by atoms with Crippen molar-refractivity contribution in [2.45, 2.75) is 13.0 Å². The number of fused-ring (bicyclic) bond motifs is 1. The number of esters is 1. The smallest absolute Gasteiger partial charge is 0.360 e. The summed E-state index contributed by atoms with van der Waals surface area (Å²) in [5.74, 6) is -1.76. The van der Waals surface area contributed by atoms with Crippen LogP contribution < -0.4 is 16.6 Å². The molecule has 1 atom stereocenters. The molecule has 9 nitrogen and oxygen atoms in total. The first-order valence-corrected chi connectivity index (χ1v) is 6.58. The van der Waals surface area contributed by atoms with E-state index >= 15 is 0 Å². The fraction of sp³-hybridized carbons (Fsp3) is 0.214. The van der Waals surface area contributed by atoms with E-state index in [2.05, 4.69) is 5.10 Å². The molecule has 3 N–H and O–H groups in total. The SMILES string of the molecule is CC(OC(=O)c1nn(C)c(=O)c2ccccc12)C(=O)NC(N)=O. The van der Waals surface area contributed by atoms with Crippen molar-refractivity contribution in [3.05, 3.63) is 40.3 Å². The molecule has 0 fully saturated rings. The lowest BCUT2D eigenvalue weighted by atomic mass is 10.1. The number of urea groups is 1. The normalized spacial score (nSPS) is 11.7. The summed E-state index contributed by atoms with van der Waals surface area (Å²) in [4.78, 5) is 46.4. The van der Waals surface area contributed by atoms with Crippen LogP contribution in [-0.4, -0.2) is 33.8 Å². The van der Waals surface area contributed by atoms with Gasteiger partial charge in [-0.15, -0.1) is 0 Å². The summed E-state index contributed by atoms with van der Waals surface area (Å²) in [7, 11) is 1.40. The molecule has 0 aliphatic rings. The van der Waals surface area contributed by atoms with Gasteiger partial charge in [-0.2, -0.15) is 5.10 Å². The minimum Gasteiger partial charge on any atom is -0.448 e. The minimum atomic E-state index is -1.26. The Morgan fingerprint density at radius 2 is 1.87 bits per heavy atom. The highest BCUT2D eigenvalue weighted by molar-refractivity contribution is 6.03. The lowest BCUT2D eigenvalue weighted by Crippen LogP contribution is -2.42. The highest BCUT2D eigenvalue weighted by Gasteiger charge is 2.23. The maximum Gasteiger partial charge on any atom is 0.360 e. The summed E-state index contributed by atoms with van der Waals surface area (Å²) in [6.07, 6.45) is -1.26. The summed E-state index contributed by atoms with van der Waals surface area (Å²) >= 11 is 0. The maximum absolute atomic E-state index is 12.2. The van der Waals surface area contributed by atoms with Gasteiger partial charge in [0.25, 0.3) is 11.5 Å². The highest BCUT2D eigenvalue weighted by Crippen LogP contribution is 2.14. The van der Waals surface area contributed by atoms with Gasteiger partial charge >= 0.3 is 12.0 Å². The molecule has 0 bridgehead atoms. The van der Waals surface area contributed by atoms with Crippen molar-refractivity contribution >= 4 is 28.7 Å². The van der Waals surface area contributed by atoms with E-state index in [0.29, 0.717) is 10.8 Å². The first-order valence-electron chi connectivity index (χ1n) is 6.58. The molecule has 0 saturated carbocycles. The van der Waals surface area contributed by atoms with Gasteiger partial charge in [0.2, 0.25) is 0 Å².